The van der Waals surface area contributed by atoms with Crippen LogP contribution in [-0.2, 0) is 32.0 Å². The van der Waals surface area contributed by atoms with Gasteiger partial charge in [-0.15, -0.1) is 0 Å². The molecule has 1 amide bonds. The first kappa shape index (κ1) is 24.3. The number of methoxy groups -OCH3 is 1. The van der Waals surface area contributed by atoms with Crippen molar-refractivity contribution in [2.24, 2.45) is 5.92 Å². The minimum absolute atomic E-state index is 0.0432. The van der Waals surface area contributed by atoms with Crippen LogP contribution in [0.3, 0.4) is 0 Å². The molecule has 0 aliphatic rings. The van der Waals surface area contributed by atoms with Gasteiger partial charge in [0.1, 0.15) is 0 Å². The Morgan fingerprint density at radius 3 is 2.10 bits per heavy atom. The Hall–Kier alpha value is -2.95. The molecule has 0 heterocycles. The molecule has 2 rings (SSSR count). The van der Waals surface area contributed by atoms with Crippen molar-refractivity contribution >= 4 is 17.7 Å². The summed E-state index contributed by atoms with van der Waals surface area (Å²) in [5.41, 5.74) is 2.27. The lowest BCUT2D eigenvalue weighted by atomic mass is 9.95. The molecule has 5 nitrogen and oxygen atoms in total. The van der Waals surface area contributed by atoms with Crippen molar-refractivity contribution in [2.75, 3.05) is 7.11 Å². The van der Waals surface area contributed by atoms with Gasteiger partial charge in [0.25, 0.3) is 0 Å². The highest BCUT2D eigenvalue weighted by molar-refractivity contribution is 5.91. The normalized spacial score (nSPS) is 12.6. The molecule has 0 aromatic heterocycles. The molecule has 0 radical (unpaired) electrons. The summed E-state index contributed by atoms with van der Waals surface area (Å²) in [6.07, 6.45) is 4.61. The van der Waals surface area contributed by atoms with Crippen LogP contribution in [0.15, 0.2) is 60.7 Å². The van der Waals surface area contributed by atoms with Gasteiger partial charge in [-0.2, -0.15) is 0 Å². The highest BCUT2D eigenvalue weighted by atomic mass is 16.5. The van der Waals surface area contributed by atoms with E-state index >= 15 is 0 Å². The molecule has 0 saturated heterocycles. The number of nitrogens with one attached hydrogen (secondary N) is 1. The molecule has 0 unspecified atom stereocenters. The Labute approximate surface area is 185 Å². The van der Waals surface area contributed by atoms with Crippen molar-refractivity contribution in [1.82, 2.24) is 5.32 Å². The van der Waals surface area contributed by atoms with E-state index in [4.69, 9.17) is 4.74 Å². The Bertz CT molecular complexity index is 820. The number of ether oxygens (including phenoxy) is 1. The molecule has 1 N–H and O–H groups in total. The van der Waals surface area contributed by atoms with Gasteiger partial charge in [0.2, 0.25) is 5.91 Å². The number of benzene rings is 2. The number of aryl methyl sites for hydroxylation is 1. The van der Waals surface area contributed by atoms with E-state index in [2.05, 4.69) is 17.4 Å². The maximum Gasteiger partial charge on any atom is 0.308 e. The van der Waals surface area contributed by atoms with Gasteiger partial charge in [-0.05, 0) is 36.8 Å². The second-order valence-electron chi connectivity index (χ2n) is 7.95. The highest BCUT2D eigenvalue weighted by Gasteiger charge is 2.25. The van der Waals surface area contributed by atoms with E-state index in [1.165, 1.54) is 12.7 Å². The molecule has 0 aliphatic carbocycles. The average molecular weight is 424 g/mol. The molecular weight excluding hydrogens is 390 g/mol. The Kier molecular flexibility index (Phi) is 10.5. The summed E-state index contributed by atoms with van der Waals surface area (Å²) >= 11 is 0. The Morgan fingerprint density at radius 2 is 1.48 bits per heavy atom. The SMILES string of the molecule is COC(=O)[C@H](C)CC(=O)[C@H](Cc1ccccc1)NC(=O)CCCCCc1ccccc1. The minimum atomic E-state index is -0.647. The van der Waals surface area contributed by atoms with Crippen LogP contribution < -0.4 is 5.32 Å². The molecule has 5 heteroatoms. The van der Waals surface area contributed by atoms with Crippen molar-refractivity contribution in [1.29, 1.82) is 0 Å². The first-order chi connectivity index (χ1) is 15.0. The molecule has 166 valence electrons. The summed E-state index contributed by atoms with van der Waals surface area (Å²) < 4.78 is 4.72. The first-order valence-corrected chi connectivity index (χ1v) is 11.0. The predicted octanol–water partition coefficient (Wildman–Crippen LogP) is 4.29. The van der Waals surface area contributed by atoms with Gasteiger partial charge in [-0.25, -0.2) is 0 Å². The third-order valence-electron chi connectivity index (χ3n) is 5.33. The third-order valence-corrected chi connectivity index (χ3v) is 5.33. The van der Waals surface area contributed by atoms with Gasteiger partial charge < -0.3 is 10.1 Å². The monoisotopic (exact) mass is 423 g/mol. The van der Waals surface area contributed by atoms with E-state index in [-0.39, 0.29) is 18.1 Å². The average Bonchev–Trinajstić information content (AvgIpc) is 2.79. The van der Waals surface area contributed by atoms with Gasteiger partial charge in [0, 0.05) is 12.8 Å². The molecule has 0 saturated carbocycles. The summed E-state index contributed by atoms with van der Waals surface area (Å²) in [5.74, 6) is -1.24. The molecule has 0 spiro atoms. The fourth-order valence-electron chi connectivity index (χ4n) is 3.53. The molecule has 2 atom stereocenters. The lowest BCUT2D eigenvalue weighted by molar-refractivity contribution is -0.146. The number of esters is 1. The van der Waals surface area contributed by atoms with Gasteiger partial charge in [0.05, 0.1) is 19.1 Å². The van der Waals surface area contributed by atoms with Crippen molar-refractivity contribution in [3.63, 3.8) is 0 Å². The second-order valence-corrected chi connectivity index (χ2v) is 7.95. The van der Waals surface area contributed by atoms with Crippen LogP contribution in [0.5, 0.6) is 0 Å². The quantitative estimate of drug-likeness (QED) is 0.385. The smallest absolute Gasteiger partial charge is 0.308 e. The van der Waals surface area contributed by atoms with Gasteiger partial charge in [-0.3, -0.25) is 14.4 Å². The van der Waals surface area contributed by atoms with E-state index < -0.39 is 17.9 Å². The van der Waals surface area contributed by atoms with Crippen LogP contribution in [0.1, 0.15) is 50.2 Å². The standard InChI is InChI=1S/C26H33NO4/c1-20(26(30)31-2)18-24(28)23(19-22-15-9-4-10-16-22)27-25(29)17-11-5-8-14-21-12-6-3-7-13-21/h3-4,6-7,9-10,12-13,15-16,20,23H,5,8,11,14,17-19H2,1-2H3,(H,27,29)/t20-,23+/m1/s1. The Balaban J connectivity index is 1.84. The van der Waals surface area contributed by atoms with Crippen LogP contribution in [0.4, 0.5) is 0 Å². The van der Waals surface area contributed by atoms with E-state index in [1.807, 2.05) is 48.5 Å². The van der Waals surface area contributed by atoms with Crippen molar-refractivity contribution in [3.05, 3.63) is 71.8 Å². The summed E-state index contributed by atoms with van der Waals surface area (Å²) in [6.45, 7) is 1.66. The van der Waals surface area contributed by atoms with E-state index in [9.17, 15) is 14.4 Å². The summed E-state index contributed by atoms with van der Waals surface area (Å²) in [6, 6.07) is 19.2. The summed E-state index contributed by atoms with van der Waals surface area (Å²) in [5, 5.41) is 2.90. The van der Waals surface area contributed by atoms with Crippen LogP contribution >= 0.6 is 0 Å². The predicted molar refractivity (Wildman–Crippen MR) is 121 cm³/mol. The van der Waals surface area contributed by atoms with E-state index in [0.717, 1.165) is 31.2 Å². The van der Waals surface area contributed by atoms with Gasteiger partial charge in [-0.1, -0.05) is 74.0 Å². The molecule has 0 aliphatic heterocycles. The molecule has 2 aromatic carbocycles. The third kappa shape index (κ3) is 9.16. The zero-order valence-corrected chi connectivity index (χ0v) is 18.5. The lowest BCUT2D eigenvalue weighted by Gasteiger charge is -2.19. The molecular formula is C26H33NO4. The largest absolute Gasteiger partial charge is 0.469 e. The minimum Gasteiger partial charge on any atom is -0.469 e. The number of unbranched alkanes of at least 4 members (excludes halogenated alkanes) is 2. The van der Waals surface area contributed by atoms with Crippen molar-refractivity contribution in [2.45, 2.75) is 57.9 Å². The van der Waals surface area contributed by atoms with Gasteiger partial charge in [0.15, 0.2) is 5.78 Å². The molecule has 0 bridgehead atoms. The summed E-state index contributed by atoms with van der Waals surface area (Å²) in [7, 11) is 1.31. The second kappa shape index (κ2) is 13.4. The zero-order valence-electron chi connectivity index (χ0n) is 18.5. The number of carbonyl (C=O) groups excluding carboxylic acids is 3. The lowest BCUT2D eigenvalue weighted by Crippen LogP contribution is -2.43. The van der Waals surface area contributed by atoms with E-state index in [1.54, 1.807) is 6.92 Å². The van der Waals surface area contributed by atoms with Crippen LogP contribution in [-0.4, -0.2) is 30.8 Å². The fraction of sp³-hybridized carbons (Fsp3) is 0.423. The number of rotatable bonds is 13. The summed E-state index contributed by atoms with van der Waals surface area (Å²) in [4.78, 5) is 37.0. The first-order valence-electron chi connectivity index (χ1n) is 11.0. The number of amides is 1. The number of carbonyl (C=O) groups is 3. The number of hydrogen-bond acceptors (Lipinski definition) is 4. The highest BCUT2D eigenvalue weighted by Crippen LogP contribution is 2.12. The number of hydrogen-bond donors (Lipinski definition) is 1. The number of Topliss-reactive ketones (excluding diaryl/α,β-unsaturated/α-hetero) is 1. The van der Waals surface area contributed by atoms with E-state index in [0.29, 0.717) is 12.8 Å². The zero-order chi connectivity index (χ0) is 22.5. The van der Waals surface area contributed by atoms with Gasteiger partial charge >= 0.3 is 5.97 Å². The number of ketones is 1. The Morgan fingerprint density at radius 1 is 0.871 bits per heavy atom. The molecule has 0 fully saturated rings. The van der Waals surface area contributed by atoms with Crippen LogP contribution in [0.25, 0.3) is 0 Å². The molecule has 31 heavy (non-hydrogen) atoms. The van der Waals surface area contributed by atoms with Crippen molar-refractivity contribution in [3.8, 4) is 0 Å². The van der Waals surface area contributed by atoms with Crippen LogP contribution in [0.2, 0.25) is 0 Å². The maximum atomic E-state index is 12.8. The maximum absolute atomic E-state index is 12.8. The van der Waals surface area contributed by atoms with Crippen LogP contribution in [0, 0.1) is 5.92 Å². The van der Waals surface area contributed by atoms with Crippen molar-refractivity contribution < 1.29 is 19.1 Å². The fourth-order valence-corrected chi connectivity index (χ4v) is 3.53. The molecule has 2 aromatic rings. The topological polar surface area (TPSA) is 72.5 Å².